The Bertz CT molecular complexity index is 249. The Balaban J connectivity index is 6.17. The Morgan fingerprint density at radius 3 is 0.875 bits per heavy atom. The fraction of sp³-hybridized carbons (Fsp3) is 1.00. The van der Waals surface area contributed by atoms with Gasteiger partial charge < -0.3 is 4.55 Å². The molecule has 0 aliphatic heterocycles. The Hall–Kier alpha value is -0.520. The summed E-state index contributed by atoms with van der Waals surface area (Å²) in [5, 5.41) is 0. The maximum atomic E-state index is 11.8. The average molecular weight is 283 g/mol. The number of hydrogen-bond acceptors (Lipinski definition) is 2. The van der Waals surface area contributed by atoms with Gasteiger partial charge in [0.1, 0.15) is 0 Å². The molecule has 12 heteroatoms. The van der Waals surface area contributed by atoms with Crippen molar-refractivity contribution in [1.29, 1.82) is 0 Å². The van der Waals surface area contributed by atoms with Crippen LogP contribution in [0.25, 0.3) is 0 Å². The molecule has 16 heavy (non-hydrogen) atoms. The van der Waals surface area contributed by atoms with Crippen LogP contribution in [0.15, 0.2) is 0 Å². The first-order chi connectivity index (χ1) is 6.69. The summed E-state index contributed by atoms with van der Waals surface area (Å²) in [6, 6.07) is 0. The zero-order valence-electron chi connectivity index (χ0n) is 6.63. The highest BCUT2D eigenvalue weighted by Gasteiger charge is 2.85. The maximum absolute atomic E-state index is 11.8. The molecule has 1 atom stereocenters. The first-order valence-corrected chi connectivity index (χ1v) is 4.06. The van der Waals surface area contributed by atoms with Gasteiger partial charge in [-0.2, -0.15) is 39.5 Å². The van der Waals surface area contributed by atoms with E-state index in [-0.39, 0.29) is 0 Å². The lowest BCUT2D eigenvalue weighted by molar-refractivity contribution is -0.347. The van der Waals surface area contributed by atoms with Gasteiger partial charge in [-0.15, -0.1) is 0 Å². The van der Waals surface area contributed by atoms with Crippen LogP contribution < -0.4 is 0 Å². The van der Waals surface area contributed by atoms with Crippen LogP contribution in [0.1, 0.15) is 0 Å². The molecular weight excluding hydrogens is 283 g/mol. The van der Waals surface area contributed by atoms with Crippen LogP contribution in [0.2, 0.25) is 0 Å². The van der Waals surface area contributed by atoms with Crippen LogP contribution in [-0.2, 0) is 11.1 Å². The quantitative estimate of drug-likeness (QED) is 0.547. The molecule has 0 heterocycles. The van der Waals surface area contributed by atoms with E-state index in [1.54, 1.807) is 0 Å². The molecule has 0 rings (SSSR count). The lowest BCUT2D eigenvalue weighted by Gasteiger charge is -2.39. The number of rotatable bonds is 1. The van der Waals surface area contributed by atoms with Crippen molar-refractivity contribution in [2.75, 3.05) is 0 Å². The molecule has 98 valence electrons. The van der Waals surface area contributed by atoms with Crippen molar-refractivity contribution >= 4 is 11.1 Å². The molecule has 0 fully saturated rings. The molecule has 0 aromatic rings. The lowest BCUT2D eigenvalue weighted by Crippen LogP contribution is -2.68. The zero-order valence-corrected chi connectivity index (χ0v) is 7.44. The van der Waals surface area contributed by atoms with E-state index in [2.05, 4.69) is 0 Å². The largest absolute Gasteiger partial charge is 0.771 e. The molecule has 0 spiro atoms. The summed E-state index contributed by atoms with van der Waals surface area (Å²) in [6.45, 7) is 0. The minimum absolute atomic E-state index is 5.50. The van der Waals surface area contributed by atoms with Gasteiger partial charge in [-0.3, -0.25) is 4.21 Å². The molecule has 1 unspecified atom stereocenters. The minimum atomic E-state index is -7.06. The van der Waals surface area contributed by atoms with E-state index in [0.29, 0.717) is 0 Å². The fourth-order valence-electron chi connectivity index (χ4n) is 0.766. The van der Waals surface area contributed by atoms with Gasteiger partial charge in [0.05, 0.1) is 0 Å². The summed E-state index contributed by atoms with van der Waals surface area (Å²) < 4.78 is 119. The van der Waals surface area contributed by atoms with E-state index in [9.17, 15) is 48.3 Å². The van der Waals surface area contributed by atoms with Gasteiger partial charge in [-0.1, -0.05) is 0 Å². The fourth-order valence-corrected chi connectivity index (χ4v) is 1.33. The second kappa shape index (κ2) is 3.75. The molecule has 0 aromatic heterocycles. The second-order valence-corrected chi connectivity index (χ2v) is 3.49. The van der Waals surface area contributed by atoms with E-state index in [1.807, 2.05) is 0 Å². The molecule has 0 bridgehead atoms. The average Bonchev–Trinajstić information content (AvgIpc) is 1.71. The minimum Gasteiger partial charge on any atom is -0.771 e. The number of alkyl halides is 9. The van der Waals surface area contributed by atoms with Crippen molar-refractivity contribution in [3.8, 4) is 0 Å². The van der Waals surface area contributed by atoms with Crippen molar-refractivity contribution in [3.63, 3.8) is 0 Å². The Labute approximate surface area is 83.7 Å². The summed E-state index contributed by atoms with van der Waals surface area (Å²) in [5.41, 5.74) is 0. The van der Waals surface area contributed by atoms with Gasteiger partial charge in [0, 0.05) is 0 Å². The smallest absolute Gasteiger partial charge is 0.422 e. The summed E-state index contributed by atoms with van der Waals surface area (Å²) in [6.07, 6.45) is -21.2. The van der Waals surface area contributed by atoms with Crippen LogP contribution in [0, 0.1) is 0 Å². The standard InChI is InChI=1S/C4HF9O2S/c5-2(6,7)1(16(14)15,3(8,9)10)4(11,12)13/h(H,14,15)/p-1. The monoisotopic (exact) mass is 283 g/mol. The lowest BCUT2D eigenvalue weighted by atomic mass is 10.1. The first-order valence-electron chi connectivity index (χ1n) is 2.99. The molecular formula is C4F9O2S-. The summed E-state index contributed by atoms with van der Waals surface area (Å²) in [5.74, 6) is 0. The van der Waals surface area contributed by atoms with Gasteiger partial charge in [-0.05, 0) is 11.1 Å². The predicted octanol–water partition coefficient (Wildman–Crippen LogP) is 2.29. The molecule has 0 saturated heterocycles. The summed E-state index contributed by atoms with van der Waals surface area (Å²) in [4.78, 5) is 0. The molecule has 0 aliphatic rings. The van der Waals surface area contributed by atoms with Crippen LogP contribution in [0.5, 0.6) is 0 Å². The maximum Gasteiger partial charge on any atom is 0.422 e. The predicted molar refractivity (Wildman–Crippen MR) is 29.8 cm³/mol. The van der Waals surface area contributed by atoms with E-state index in [1.165, 1.54) is 0 Å². The Morgan fingerprint density at radius 2 is 0.875 bits per heavy atom. The molecule has 0 radical (unpaired) electrons. The Kier molecular flexibility index (Phi) is 3.63. The van der Waals surface area contributed by atoms with Gasteiger partial charge in [-0.25, -0.2) is 0 Å². The van der Waals surface area contributed by atoms with E-state index in [4.69, 9.17) is 0 Å². The van der Waals surface area contributed by atoms with Crippen LogP contribution in [0.3, 0.4) is 0 Å². The van der Waals surface area contributed by atoms with Crippen LogP contribution in [0.4, 0.5) is 39.5 Å². The second-order valence-electron chi connectivity index (χ2n) is 2.41. The van der Waals surface area contributed by atoms with Crippen molar-refractivity contribution in [2.45, 2.75) is 23.3 Å². The molecule has 0 N–H and O–H groups in total. The van der Waals surface area contributed by atoms with Crippen molar-refractivity contribution in [1.82, 2.24) is 0 Å². The van der Waals surface area contributed by atoms with Gasteiger partial charge in [0.15, 0.2) is 0 Å². The first kappa shape index (κ1) is 15.5. The topological polar surface area (TPSA) is 40.1 Å². The number of halogens is 9. The highest BCUT2D eigenvalue weighted by molar-refractivity contribution is 7.81. The van der Waals surface area contributed by atoms with E-state index >= 15 is 0 Å². The van der Waals surface area contributed by atoms with Gasteiger partial charge in [0.2, 0.25) is 0 Å². The van der Waals surface area contributed by atoms with Crippen LogP contribution in [-0.4, -0.2) is 32.0 Å². The summed E-state index contributed by atoms with van der Waals surface area (Å²) in [7, 11) is 0. The number of hydrogen-bond donors (Lipinski definition) is 0. The van der Waals surface area contributed by atoms with Crippen LogP contribution >= 0.6 is 0 Å². The third-order valence-electron chi connectivity index (χ3n) is 1.45. The van der Waals surface area contributed by atoms with E-state index in [0.717, 1.165) is 0 Å². The zero-order chi connectivity index (χ0) is 13.6. The van der Waals surface area contributed by atoms with E-state index < -0.39 is 34.4 Å². The van der Waals surface area contributed by atoms with Gasteiger partial charge >= 0.3 is 23.3 Å². The molecule has 0 amide bonds. The molecule has 0 aromatic carbocycles. The summed E-state index contributed by atoms with van der Waals surface area (Å²) >= 11 is -5.50. The third-order valence-corrected chi connectivity index (χ3v) is 2.64. The van der Waals surface area contributed by atoms with Crippen molar-refractivity contribution in [2.24, 2.45) is 0 Å². The highest BCUT2D eigenvalue weighted by Crippen LogP contribution is 2.55. The Morgan fingerprint density at radius 1 is 0.688 bits per heavy atom. The third kappa shape index (κ3) is 1.99. The molecule has 0 aliphatic carbocycles. The van der Waals surface area contributed by atoms with Gasteiger partial charge in [0.25, 0.3) is 0 Å². The van der Waals surface area contributed by atoms with Crippen molar-refractivity contribution < 1.29 is 48.3 Å². The van der Waals surface area contributed by atoms with Crippen molar-refractivity contribution in [3.05, 3.63) is 0 Å². The molecule has 0 saturated carbocycles. The SMILES string of the molecule is O=S([O-])C(C(F)(F)F)(C(F)(F)F)C(F)(F)F. The normalized spacial score (nSPS) is 17.4. The highest BCUT2D eigenvalue weighted by atomic mass is 32.2. The molecule has 2 nitrogen and oxygen atoms in total.